The lowest BCUT2D eigenvalue weighted by Crippen LogP contribution is -2.42. The van der Waals surface area contributed by atoms with Crippen LogP contribution < -0.4 is 19.1 Å². The molecule has 0 fully saturated rings. The maximum absolute atomic E-state index is 14.0. The van der Waals surface area contributed by atoms with E-state index in [1.165, 1.54) is 0 Å². The van der Waals surface area contributed by atoms with Gasteiger partial charge in [-0.2, -0.15) is 0 Å². The van der Waals surface area contributed by atoms with Crippen LogP contribution in [-0.4, -0.2) is 30.7 Å². The average molecular weight is 400 g/mol. The second-order valence-corrected chi connectivity index (χ2v) is 7.84. The molecule has 0 N–H and O–H groups in total. The van der Waals surface area contributed by atoms with E-state index in [2.05, 4.69) is 4.98 Å². The first-order valence-corrected chi connectivity index (χ1v) is 10.1. The van der Waals surface area contributed by atoms with Crippen molar-refractivity contribution in [2.75, 3.05) is 24.7 Å². The van der Waals surface area contributed by atoms with E-state index in [-0.39, 0.29) is 12.5 Å². The molecule has 1 atom stereocenters. The summed E-state index contributed by atoms with van der Waals surface area (Å²) in [7, 11) is 0. The first-order valence-electron chi connectivity index (χ1n) is 10.1. The fourth-order valence-corrected chi connectivity index (χ4v) is 4.74. The van der Waals surface area contributed by atoms with Crippen LogP contribution in [0.4, 0.5) is 5.69 Å². The number of rotatable bonds is 2. The standard InChI is InChI=1S/C24H20N2O4/c1-15-5-4-10-25-18(15)13-26-19-7-3-2-6-16(19)24(23(26)27)14-30-21-17(24)8-9-20-22(21)29-12-11-28-20/h2-10H,11-14H2,1H3. The summed E-state index contributed by atoms with van der Waals surface area (Å²) < 4.78 is 17.7. The third-order valence-corrected chi connectivity index (χ3v) is 6.25. The molecule has 6 nitrogen and oxygen atoms in total. The predicted molar refractivity (Wildman–Crippen MR) is 110 cm³/mol. The molecule has 4 heterocycles. The number of carbonyl (C=O) groups excluding carboxylic acids is 1. The summed E-state index contributed by atoms with van der Waals surface area (Å²) in [6, 6.07) is 15.7. The Morgan fingerprint density at radius 2 is 1.83 bits per heavy atom. The van der Waals surface area contributed by atoms with Gasteiger partial charge in [0.05, 0.1) is 12.2 Å². The van der Waals surface area contributed by atoms with Crippen LogP contribution in [0.5, 0.6) is 17.2 Å². The van der Waals surface area contributed by atoms with E-state index in [1.807, 2.05) is 60.4 Å². The Bertz CT molecular complexity index is 1190. The number of nitrogens with zero attached hydrogens (tertiary/aromatic N) is 2. The second-order valence-electron chi connectivity index (χ2n) is 7.84. The minimum Gasteiger partial charge on any atom is -0.487 e. The molecule has 6 rings (SSSR count). The van der Waals surface area contributed by atoms with E-state index in [0.29, 0.717) is 37.0 Å². The monoisotopic (exact) mass is 400 g/mol. The second kappa shape index (κ2) is 6.23. The Kier molecular flexibility index (Phi) is 3.60. The number of anilines is 1. The van der Waals surface area contributed by atoms with Gasteiger partial charge in [-0.1, -0.05) is 24.3 Å². The fourth-order valence-electron chi connectivity index (χ4n) is 4.74. The maximum Gasteiger partial charge on any atom is 0.246 e. The molecule has 1 aromatic heterocycles. The van der Waals surface area contributed by atoms with E-state index in [0.717, 1.165) is 28.1 Å². The smallest absolute Gasteiger partial charge is 0.246 e. The normalized spacial score (nSPS) is 20.8. The van der Waals surface area contributed by atoms with Gasteiger partial charge in [-0.05, 0) is 42.3 Å². The van der Waals surface area contributed by atoms with Crippen molar-refractivity contribution in [1.29, 1.82) is 0 Å². The van der Waals surface area contributed by atoms with Crippen LogP contribution in [0, 0.1) is 6.92 Å². The molecule has 0 saturated heterocycles. The molecular weight excluding hydrogens is 380 g/mol. The fraction of sp³-hybridized carbons (Fsp3) is 0.250. The van der Waals surface area contributed by atoms with Crippen LogP contribution in [0.3, 0.4) is 0 Å². The molecule has 2 aromatic carbocycles. The summed E-state index contributed by atoms with van der Waals surface area (Å²) in [5.74, 6) is 1.88. The van der Waals surface area contributed by atoms with Crippen LogP contribution >= 0.6 is 0 Å². The number of aryl methyl sites for hydroxylation is 1. The molecule has 0 aliphatic carbocycles. The van der Waals surface area contributed by atoms with Crippen LogP contribution in [0.1, 0.15) is 22.4 Å². The number of para-hydroxylation sites is 1. The van der Waals surface area contributed by atoms with Crippen molar-refractivity contribution in [2.24, 2.45) is 0 Å². The molecule has 0 bridgehead atoms. The first-order chi connectivity index (χ1) is 14.7. The van der Waals surface area contributed by atoms with Gasteiger partial charge in [0, 0.05) is 17.4 Å². The molecule has 3 aliphatic heterocycles. The quantitative estimate of drug-likeness (QED) is 0.660. The van der Waals surface area contributed by atoms with E-state index in [4.69, 9.17) is 14.2 Å². The number of hydrogen-bond acceptors (Lipinski definition) is 5. The minimum absolute atomic E-state index is 0.00387. The molecule has 6 heteroatoms. The van der Waals surface area contributed by atoms with Gasteiger partial charge in [0.1, 0.15) is 25.2 Å². The zero-order valence-electron chi connectivity index (χ0n) is 16.6. The highest BCUT2D eigenvalue weighted by atomic mass is 16.6. The van der Waals surface area contributed by atoms with E-state index >= 15 is 0 Å². The number of pyridine rings is 1. The van der Waals surface area contributed by atoms with Gasteiger partial charge >= 0.3 is 0 Å². The van der Waals surface area contributed by atoms with Gasteiger partial charge in [-0.25, -0.2) is 0 Å². The average Bonchev–Trinajstić information content (AvgIpc) is 3.29. The minimum atomic E-state index is -0.884. The van der Waals surface area contributed by atoms with Crippen molar-refractivity contribution < 1.29 is 19.0 Å². The number of fused-ring (bicyclic) bond motifs is 6. The first kappa shape index (κ1) is 17.3. The Morgan fingerprint density at radius 1 is 0.967 bits per heavy atom. The number of aromatic nitrogens is 1. The van der Waals surface area contributed by atoms with Crippen molar-refractivity contribution >= 4 is 11.6 Å². The maximum atomic E-state index is 14.0. The van der Waals surface area contributed by atoms with Crippen molar-refractivity contribution in [1.82, 2.24) is 4.98 Å². The highest BCUT2D eigenvalue weighted by Gasteiger charge is 2.57. The number of hydrogen-bond donors (Lipinski definition) is 0. The summed E-state index contributed by atoms with van der Waals surface area (Å²) in [5.41, 5.74) is 3.76. The summed E-state index contributed by atoms with van der Waals surface area (Å²) in [6.45, 7) is 3.66. The largest absolute Gasteiger partial charge is 0.487 e. The van der Waals surface area contributed by atoms with E-state index in [9.17, 15) is 4.79 Å². The lowest BCUT2D eigenvalue weighted by molar-refractivity contribution is -0.122. The Balaban J connectivity index is 1.51. The summed E-state index contributed by atoms with van der Waals surface area (Å²) in [4.78, 5) is 20.3. The van der Waals surface area contributed by atoms with Crippen LogP contribution in [0.25, 0.3) is 0 Å². The zero-order valence-corrected chi connectivity index (χ0v) is 16.6. The van der Waals surface area contributed by atoms with E-state index < -0.39 is 5.41 Å². The molecule has 3 aromatic rings. The molecule has 1 amide bonds. The third-order valence-electron chi connectivity index (χ3n) is 6.25. The highest BCUT2D eigenvalue weighted by Crippen LogP contribution is 2.57. The van der Waals surface area contributed by atoms with E-state index in [1.54, 1.807) is 6.20 Å². The summed E-state index contributed by atoms with van der Waals surface area (Å²) in [5, 5.41) is 0. The molecule has 30 heavy (non-hydrogen) atoms. The predicted octanol–water partition coefficient (Wildman–Crippen LogP) is 3.39. The molecule has 1 unspecified atom stereocenters. The van der Waals surface area contributed by atoms with Gasteiger partial charge in [0.25, 0.3) is 0 Å². The molecule has 0 radical (unpaired) electrons. The Morgan fingerprint density at radius 3 is 2.73 bits per heavy atom. The number of ether oxygens (including phenoxy) is 3. The molecule has 0 saturated carbocycles. The number of carbonyl (C=O) groups is 1. The van der Waals surface area contributed by atoms with Crippen molar-refractivity contribution in [3.05, 3.63) is 77.1 Å². The Hall–Kier alpha value is -3.54. The lowest BCUT2D eigenvalue weighted by atomic mass is 9.77. The lowest BCUT2D eigenvalue weighted by Gasteiger charge is -2.24. The summed E-state index contributed by atoms with van der Waals surface area (Å²) >= 11 is 0. The van der Waals surface area contributed by atoms with Crippen molar-refractivity contribution in [2.45, 2.75) is 18.9 Å². The van der Waals surface area contributed by atoms with Crippen molar-refractivity contribution in [3.63, 3.8) is 0 Å². The molecule has 150 valence electrons. The van der Waals surface area contributed by atoms with Gasteiger partial charge in [-0.3, -0.25) is 9.78 Å². The molecule has 3 aliphatic rings. The summed E-state index contributed by atoms with van der Waals surface area (Å²) in [6.07, 6.45) is 1.77. The topological polar surface area (TPSA) is 60.9 Å². The molecular formula is C24H20N2O4. The third kappa shape index (κ3) is 2.19. The zero-order chi connectivity index (χ0) is 20.3. The SMILES string of the molecule is Cc1cccnc1CN1C(=O)C2(COc3c2ccc2c3OCCO2)c2ccccc21. The van der Waals surface area contributed by atoms with Gasteiger partial charge in [-0.15, -0.1) is 0 Å². The number of amides is 1. The van der Waals surface area contributed by atoms with Gasteiger partial charge in [0.2, 0.25) is 11.7 Å². The van der Waals surface area contributed by atoms with Crippen molar-refractivity contribution in [3.8, 4) is 17.2 Å². The van der Waals surface area contributed by atoms with Crippen LogP contribution in [0.2, 0.25) is 0 Å². The highest BCUT2D eigenvalue weighted by molar-refractivity contribution is 6.11. The van der Waals surface area contributed by atoms with Gasteiger partial charge in [0.15, 0.2) is 11.5 Å². The Labute approximate surface area is 174 Å². The van der Waals surface area contributed by atoms with Crippen LogP contribution in [-0.2, 0) is 16.8 Å². The van der Waals surface area contributed by atoms with Gasteiger partial charge < -0.3 is 19.1 Å². The molecule has 1 spiro atoms. The number of benzene rings is 2. The van der Waals surface area contributed by atoms with Crippen LogP contribution in [0.15, 0.2) is 54.7 Å².